The molecule has 4 N–H and O–H groups in total. The van der Waals surface area contributed by atoms with Gasteiger partial charge in [-0.3, -0.25) is 0 Å². The van der Waals surface area contributed by atoms with E-state index in [0.717, 1.165) is 0 Å². The van der Waals surface area contributed by atoms with Crippen LogP contribution in [0.3, 0.4) is 0 Å². The first-order valence-corrected chi connectivity index (χ1v) is 6.24. The summed E-state index contributed by atoms with van der Waals surface area (Å²) in [6, 6.07) is 0. The van der Waals surface area contributed by atoms with E-state index in [1.807, 2.05) is 13.8 Å². The van der Waals surface area contributed by atoms with Crippen molar-refractivity contribution in [2.45, 2.75) is 26.1 Å². The molecule has 18 heavy (non-hydrogen) atoms. The first kappa shape index (κ1) is 17.8. The zero-order valence-corrected chi connectivity index (χ0v) is 11.2. The van der Waals surface area contributed by atoms with Crippen LogP contribution in [0.5, 0.6) is 0 Å². The lowest BCUT2D eigenvalue weighted by Gasteiger charge is -2.22. The standard InChI is InChI=1S/C12H26O6/c1-9(2)10(5-17-7-11(15)3-13)6-18-8-12(16)4-14/h9-16H,3-8H2,1-2H3. The monoisotopic (exact) mass is 266 g/mol. The van der Waals surface area contributed by atoms with Crippen molar-refractivity contribution in [2.24, 2.45) is 11.8 Å². The molecule has 6 nitrogen and oxygen atoms in total. The molecule has 110 valence electrons. The van der Waals surface area contributed by atoms with E-state index in [1.54, 1.807) is 0 Å². The van der Waals surface area contributed by atoms with Crippen molar-refractivity contribution >= 4 is 0 Å². The Morgan fingerprint density at radius 2 is 1.17 bits per heavy atom. The van der Waals surface area contributed by atoms with Gasteiger partial charge in [0.15, 0.2) is 0 Å². The predicted octanol–water partition coefficient (Wildman–Crippen LogP) is -1.00. The maximum Gasteiger partial charge on any atom is 0.100 e. The molecule has 0 radical (unpaired) electrons. The van der Waals surface area contributed by atoms with E-state index < -0.39 is 12.2 Å². The second kappa shape index (κ2) is 10.7. The van der Waals surface area contributed by atoms with Crippen LogP contribution in [0.15, 0.2) is 0 Å². The molecule has 0 saturated heterocycles. The molecule has 0 aromatic carbocycles. The third kappa shape index (κ3) is 8.79. The fraction of sp³-hybridized carbons (Fsp3) is 1.00. The molecule has 6 heteroatoms. The fourth-order valence-electron chi connectivity index (χ4n) is 1.25. The number of ether oxygens (including phenoxy) is 2. The van der Waals surface area contributed by atoms with Gasteiger partial charge in [-0.15, -0.1) is 0 Å². The molecule has 0 rings (SSSR count). The van der Waals surface area contributed by atoms with Gasteiger partial charge in [-0.2, -0.15) is 0 Å². The Hall–Kier alpha value is -0.240. The number of hydrogen-bond acceptors (Lipinski definition) is 6. The maximum atomic E-state index is 9.12. The van der Waals surface area contributed by atoms with Crippen LogP contribution in [-0.4, -0.2) is 72.3 Å². The van der Waals surface area contributed by atoms with E-state index >= 15 is 0 Å². The summed E-state index contributed by atoms with van der Waals surface area (Å²) in [7, 11) is 0. The van der Waals surface area contributed by atoms with Gasteiger partial charge in [0.25, 0.3) is 0 Å². The second-order valence-corrected chi connectivity index (χ2v) is 4.75. The number of hydrogen-bond donors (Lipinski definition) is 4. The average molecular weight is 266 g/mol. The summed E-state index contributed by atoms with van der Waals surface area (Å²) in [5.41, 5.74) is 0. The summed E-state index contributed by atoms with van der Waals surface area (Å²) >= 11 is 0. The molecular formula is C12H26O6. The molecule has 0 fully saturated rings. The minimum absolute atomic E-state index is 0.0962. The van der Waals surface area contributed by atoms with Gasteiger partial charge in [0.1, 0.15) is 12.2 Å². The fourth-order valence-corrected chi connectivity index (χ4v) is 1.25. The zero-order chi connectivity index (χ0) is 14.0. The summed E-state index contributed by atoms with van der Waals surface area (Å²) in [4.78, 5) is 0. The highest BCUT2D eigenvalue weighted by atomic mass is 16.5. The quantitative estimate of drug-likeness (QED) is 0.383. The van der Waals surface area contributed by atoms with Gasteiger partial charge in [0, 0.05) is 5.92 Å². The molecule has 2 atom stereocenters. The summed E-state index contributed by atoms with van der Waals surface area (Å²) in [6.07, 6.45) is -1.70. The first-order valence-electron chi connectivity index (χ1n) is 6.24. The molecule has 0 spiro atoms. The van der Waals surface area contributed by atoms with Crippen molar-refractivity contribution in [3.8, 4) is 0 Å². The SMILES string of the molecule is CC(C)C(COCC(O)CO)COCC(O)CO. The summed E-state index contributed by atoms with van der Waals surface area (Å²) in [5.74, 6) is 0.476. The van der Waals surface area contributed by atoms with Crippen LogP contribution in [-0.2, 0) is 9.47 Å². The number of aliphatic hydroxyl groups excluding tert-OH is 4. The van der Waals surface area contributed by atoms with Crippen LogP contribution in [0.1, 0.15) is 13.8 Å². The van der Waals surface area contributed by atoms with E-state index in [4.69, 9.17) is 29.9 Å². The van der Waals surface area contributed by atoms with Crippen LogP contribution in [0.25, 0.3) is 0 Å². The first-order chi connectivity index (χ1) is 8.51. The van der Waals surface area contributed by atoms with Crippen molar-refractivity contribution in [3.63, 3.8) is 0 Å². The lowest BCUT2D eigenvalue weighted by molar-refractivity contribution is -0.0428. The van der Waals surface area contributed by atoms with Gasteiger partial charge in [-0.25, -0.2) is 0 Å². The Bertz CT molecular complexity index is 171. The molecule has 0 bridgehead atoms. The third-order valence-electron chi connectivity index (χ3n) is 2.65. The van der Waals surface area contributed by atoms with Crippen molar-refractivity contribution in [2.75, 3.05) is 39.6 Å². The van der Waals surface area contributed by atoms with Crippen molar-refractivity contribution < 1.29 is 29.9 Å². The van der Waals surface area contributed by atoms with Gasteiger partial charge in [-0.1, -0.05) is 13.8 Å². The number of rotatable bonds is 11. The van der Waals surface area contributed by atoms with Crippen molar-refractivity contribution in [1.82, 2.24) is 0 Å². The number of aliphatic hydroxyl groups is 4. The van der Waals surface area contributed by atoms with Gasteiger partial charge in [-0.05, 0) is 5.92 Å². The second-order valence-electron chi connectivity index (χ2n) is 4.75. The highest BCUT2D eigenvalue weighted by Crippen LogP contribution is 2.12. The Morgan fingerprint density at radius 1 is 0.778 bits per heavy atom. The topological polar surface area (TPSA) is 99.4 Å². The molecule has 2 unspecified atom stereocenters. The van der Waals surface area contributed by atoms with Crippen LogP contribution in [0.4, 0.5) is 0 Å². The Labute approximate surface area is 108 Å². The van der Waals surface area contributed by atoms with Crippen LogP contribution < -0.4 is 0 Å². The third-order valence-corrected chi connectivity index (χ3v) is 2.65. The zero-order valence-electron chi connectivity index (χ0n) is 11.2. The Morgan fingerprint density at radius 3 is 1.44 bits per heavy atom. The van der Waals surface area contributed by atoms with Gasteiger partial charge in [0.2, 0.25) is 0 Å². The predicted molar refractivity (Wildman–Crippen MR) is 66.2 cm³/mol. The molecule has 0 amide bonds. The summed E-state index contributed by atoms with van der Waals surface area (Å²) in [5, 5.41) is 35.5. The van der Waals surface area contributed by atoms with Crippen molar-refractivity contribution in [1.29, 1.82) is 0 Å². The van der Waals surface area contributed by atoms with Crippen LogP contribution >= 0.6 is 0 Å². The molecule has 0 aromatic rings. The van der Waals surface area contributed by atoms with E-state index in [2.05, 4.69) is 0 Å². The summed E-state index contributed by atoms with van der Waals surface area (Å²) in [6.45, 7) is 4.47. The van der Waals surface area contributed by atoms with Crippen LogP contribution in [0, 0.1) is 11.8 Å². The highest BCUT2D eigenvalue weighted by Gasteiger charge is 2.15. The molecule has 0 saturated carbocycles. The van der Waals surface area contributed by atoms with E-state index in [9.17, 15) is 0 Å². The highest BCUT2D eigenvalue weighted by molar-refractivity contribution is 4.63. The minimum Gasteiger partial charge on any atom is -0.394 e. The smallest absolute Gasteiger partial charge is 0.100 e. The lowest BCUT2D eigenvalue weighted by atomic mass is 9.98. The van der Waals surface area contributed by atoms with Crippen LogP contribution in [0.2, 0.25) is 0 Å². The van der Waals surface area contributed by atoms with Gasteiger partial charge >= 0.3 is 0 Å². The lowest BCUT2D eigenvalue weighted by Crippen LogP contribution is -2.28. The maximum absolute atomic E-state index is 9.12. The molecule has 0 aliphatic heterocycles. The molecule has 0 aliphatic rings. The van der Waals surface area contributed by atoms with Gasteiger partial charge in [0.05, 0.1) is 39.6 Å². The Kier molecular flexibility index (Phi) is 10.5. The van der Waals surface area contributed by atoms with Gasteiger partial charge < -0.3 is 29.9 Å². The normalized spacial score (nSPS) is 16.8. The largest absolute Gasteiger partial charge is 0.394 e. The van der Waals surface area contributed by atoms with Crippen molar-refractivity contribution in [3.05, 3.63) is 0 Å². The summed E-state index contributed by atoms with van der Waals surface area (Å²) < 4.78 is 10.6. The minimum atomic E-state index is -0.852. The van der Waals surface area contributed by atoms with E-state index in [-0.39, 0.29) is 32.3 Å². The average Bonchev–Trinajstić information content (AvgIpc) is 2.35. The van der Waals surface area contributed by atoms with E-state index in [1.165, 1.54) is 0 Å². The Balaban J connectivity index is 3.79. The van der Waals surface area contributed by atoms with E-state index in [0.29, 0.717) is 19.1 Å². The molecule has 0 aromatic heterocycles. The molecular weight excluding hydrogens is 240 g/mol. The molecule has 0 aliphatic carbocycles. The molecule has 0 heterocycles.